The van der Waals surface area contributed by atoms with Crippen LogP contribution >= 0.6 is 0 Å². The molecule has 2 aromatic carbocycles. The number of rotatable bonds is 10. The van der Waals surface area contributed by atoms with E-state index in [-0.39, 0.29) is 5.91 Å². The molecule has 3 aromatic rings. The van der Waals surface area contributed by atoms with Gasteiger partial charge in [-0.05, 0) is 52.9 Å². The van der Waals surface area contributed by atoms with Crippen molar-refractivity contribution in [1.82, 2.24) is 24.7 Å². The fourth-order valence-corrected chi connectivity index (χ4v) is 5.09. The lowest BCUT2D eigenvalue weighted by Crippen LogP contribution is -2.47. The summed E-state index contributed by atoms with van der Waals surface area (Å²) in [4.78, 5) is 29.4. The molecule has 0 atom stereocenters. The topological polar surface area (TPSA) is 83.1 Å². The SMILES string of the molecule is COc1cc2nc(-c3ccc(C(=O)N4CCN(C)CC4)cc3)nc(NCCN(C(C)C)C(C)C)c2cc1OC. The molecule has 210 valence electrons. The Balaban J connectivity index is 1.64. The quantitative estimate of drug-likeness (QED) is 0.414. The first-order chi connectivity index (χ1) is 18.7. The molecule has 9 heteroatoms. The molecule has 0 bridgehead atoms. The molecule has 1 aliphatic heterocycles. The van der Waals surface area contributed by atoms with Crippen LogP contribution in [0, 0.1) is 0 Å². The zero-order valence-corrected chi connectivity index (χ0v) is 24.3. The molecule has 1 saturated heterocycles. The number of methoxy groups -OCH3 is 2. The Labute approximate surface area is 232 Å². The third kappa shape index (κ3) is 6.59. The zero-order valence-electron chi connectivity index (χ0n) is 24.3. The van der Waals surface area contributed by atoms with E-state index in [0.717, 1.165) is 61.6 Å². The van der Waals surface area contributed by atoms with E-state index in [1.54, 1.807) is 14.2 Å². The van der Waals surface area contributed by atoms with Crippen molar-refractivity contribution in [2.75, 3.05) is 65.9 Å². The molecule has 4 rings (SSSR count). The van der Waals surface area contributed by atoms with Crippen molar-refractivity contribution in [1.29, 1.82) is 0 Å². The van der Waals surface area contributed by atoms with Gasteiger partial charge in [-0.3, -0.25) is 9.69 Å². The maximum Gasteiger partial charge on any atom is 0.253 e. The summed E-state index contributed by atoms with van der Waals surface area (Å²) in [5.74, 6) is 2.62. The van der Waals surface area contributed by atoms with Gasteiger partial charge in [0.25, 0.3) is 5.91 Å². The highest BCUT2D eigenvalue weighted by atomic mass is 16.5. The van der Waals surface area contributed by atoms with E-state index in [0.29, 0.717) is 35.0 Å². The second kappa shape index (κ2) is 12.6. The van der Waals surface area contributed by atoms with Crippen LogP contribution in [-0.4, -0.2) is 103 Å². The predicted molar refractivity (Wildman–Crippen MR) is 157 cm³/mol. The Bertz CT molecular complexity index is 1260. The van der Waals surface area contributed by atoms with Crippen LogP contribution in [0.25, 0.3) is 22.3 Å². The Hall–Kier alpha value is -3.43. The Kier molecular flexibility index (Phi) is 9.24. The fraction of sp³-hybridized carbons (Fsp3) is 0.500. The smallest absolute Gasteiger partial charge is 0.253 e. The Morgan fingerprint density at radius 3 is 2.15 bits per heavy atom. The minimum Gasteiger partial charge on any atom is -0.493 e. The number of hydrogen-bond acceptors (Lipinski definition) is 8. The third-order valence-corrected chi connectivity index (χ3v) is 7.37. The first kappa shape index (κ1) is 28.6. The van der Waals surface area contributed by atoms with Crippen LogP contribution in [0.4, 0.5) is 5.82 Å². The Morgan fingerprint density at radius 1 is 0.949 bits per heavy atom. The summed E-state index contributed by atoms with van der Waals surface area (Å²) < 4.78 is 11.1. The lowest BCUT2D eigenvalue weighted by molar-refractivity contribution is 0.0664. The Morgan fingerprint density at radius 2 is 1.56 bits per heavy atom. The van der Waals surface area contributed by atoms with Gasteiger partial charge in [0.05, 0.1) is 19.7 Å². The molecule has 0 spiro atoms. The fourth-order valence-electron chi connectivity index (χ4n) is 5.09. The monoisotopic (exact) mass is 534 g/mol. The van der Waals surface area contributed by atoms with Gasteiger partial charge in [0.1, 0.15) is 5.82 Å². The van der Waals surface area contributed by atoms with Crippen molar-refractivity contribution in [3.63, 3.8) is 0 Å². The lowest BCUT2D eigenvalue weighted by atomic mass is 10.1. The largest absolute Gasteiger partial charge is 0.493 e. The van der Waals surface area contributed by atoms with Gasteiger partial charge in [-0.1, -0.05) is 12.1 Å². The van der Waals surface area contributed by atoms with Gasteiger partial charge in [0.2, 0.25) is 0 Å². The second-order valence-electron chi connectivity index (χ2n) is 10.6. The summed E-state index contributed by atoms with van der Waals surface area (Å²) in [6, 6.07) is 12.3. The van der Waals surface area contributed by atoms with E-state index in [1.165, 1.54) is 0 Å². The van der Waals surface area contributed by atoms with Gasteiger partial charge in [0, 0.05) is 73.9 Å². The minimum atomic E-state index is 0.0631. The number of nitrogens with one attached hydrogen (secondary N) is 1. The highest BCUT2D eigenvalue weighted by Gasteiger charge is 2.21. The van der Waals surface area contributed by atoms with Crippen LogP contribution in [0.5, 0.6) is 11.5 Å². The molecule has 0 radical (unpaired) electrons. The number of hydrogen-bond donors (Lipinski definition) is 1. The summed E-state index contributed by atoms with van der Waals surface area (Å²) in [6.07, 6.45) is 0. The number of carbonyl (C=O) groups excluding carboxylic acids is 1. The van der Waals surface area contributed by atoms with Gasteiger partial charge in [-0.2, -0.15) is 0 Å². The number of likely N-dealkylation sites (N-methyl/N-ethyl adjacent to an activating group) is 1. The van der Waals surface area contributed by atoms with Crippen molar-refractivity contribution in [2.45, 2.75) is 39.8 Å². The minimum absolute atomic E-state index is 0.0631. The number of benzene rings is 2. The number of fused-ring (bicyclic) bond motifs is 1. The average Bonchev–Trinajstić information content (AvgIpc) is 2.94. The normalized spacial score (nSPS) is 14.5. The van der Waals surface area contributed by atoms with Crippen LogP contribution in [0.2, 0.25) is 0 Å². The van der Waals surface area contributed by atoms with Crippen molar-refractivity contribution in [2.24, 2.45) is 0 Å². The van der Waals surface area contributed by atoms with E-state index in [4.69, 9.17) is 19.4 Å². The van der Waals surface area contributed by atoms with Crippen LogP contribution in [0.1, 0.15) is 38.1 Å². The lowest BCUT2D eigenvalue weighted by Gasteiger charge is -2.32. The van der Waals surface area contributed by atoms with Gasteiger partial charge in [-0.15, -0.1) is 0 Å². The molecule has 1 aliphatic rings. The van der Waals surface area contributed by atoms with E-state index in [9.17, 15) is 4.79 Å². The van der Waals surface area contributed by atoms with Crippen LogP contribution < -0.4 is 14.8 Å². The van der Waals surface area contributed by atoms with Crippen molar-refractivity contribution in [3.8, 4) is 22.9 Å². The van der Waals surface area contributed by atoms with E-state index in [2.05, 4.69) is 49.9 Å². The zero-order chi connectivity index (χ0) is 28.1. The molecule has 0 saturated carbocycles. The number of aromatic nitrogens is 2. The van der Waals surface area contributed by atoms with Gasteiger partial charge >= 0.3 is 0 Å². The van der Waals surface area contributed by atoms with Gasteiger partial charge in [0.15, 0.2) is 17.3 Å². The van der Waals surface area contributed by atoms with Crippen molar-refractivity contribution < 1.29 is 14.3 Å². The maximum atomic E-state index is 13.0. The summed E-state index contributed by atoms with van der Waals surface area (Å²) in [7, 11) is 5.33. The number of amides is 1. The molecule has 0 aliphatic carbocycles. The van der Waals surface area contributed by atoms with Crippen LogP contribution in [0.3, 0.4) is 0 Å². The molecule has 1 N–H and O–H groups in total. The first-order valence-electron chi connectivity index (χ1n) is 13.7. The summed E-state index contributed by atoms with van der Waals surface area (Å²) >= 11 is 0. The highest BCUT2D eigenvalue weighted by Crippen LogP contribution is 2.35. The molecule has 9 nitrogen and oxygen atoms in total. The third-order valence-electron chi connectivity index (χ3n) is 7.37. The molecule has 1 amide bonds. The maximum absolute atomic E-state index is 13.0. The van der Waals surface area contributed by atoms with Crippen LogP contribution in [-0.2, 0) is 0 Å². The second-order valence-corrected chi connectivity index (χ2v) is 10.6. The molecule has 1 aromatic heterocycles. The highest BCUT2D eigenvalue weighted by molar-refractivity contribution is 5.95. The number of anilines is 1. The van der Waals surface area contributed by atoms with Crippen molar-refractivity contribution >= 4 is 22.6 Å². The number of piperazine rings is 1. The molecular weight excluding hydrogens is 492 g/mol. The van der Waals surface area contributed by atoms with Gasteiger partial charge < -0.3 is 24.6 Å². The van der Waals surface area contributed by atoms with Crippen molar-refractivity contribution in [3.05, 3.63) is 42.0 Å². The van der Waals surface area contributed by atoms with E-state index >= 15 is 0 Å². The number of nitrogens with zero attached hydrogens (tertiary/aromatic N) is 5. The molecule has 1 fully saturated rings. The summed E-state index contributed by atoms with van der Waals surface area (Å²) in [5.41, 5.74) is 2.27. The van der Waals surface area contributed by atoms with E-state index < -0.39 is 0 Å². The van der Waals surface area contributed by atoms with E-state index in [1.807, 2.05) is 41.3 Å². The standard InChI is InChI=1S/C30H42N6O3/c1-20(2)36(21(3)4)13-12-31-29-24-18-26(38-6)27(39-7)19-25(24)32-28(33-29)22-8-10-23(11-9-22)30(37)35-16-14-34(5)15-17-35/h8-11,18-21H,12-17H2,1-7H3,(H,31,32,33). The van der Waals surface area contributed by atoms with Gasteiger partial charge in [-0.25, -0.2) is 9.97 Å². The molecular formula is C30H42N6O3. The molecule has 0 unspecified atom stereocenters. The predicted octanol–water partition coefficient (Wildman–Crippen LogP) is 4.23. The number of carbonyl (C=O) groups is 1. The van der Waals surface area contributed by atoms with Crippen LogP contribution in [0.15, 0.2) is 36.4 Å². The molecule has 39 heavy (non-hydrogen) atoms. The number of ether oxygens (including phenoxy) is 2. The molecule has 2 heterocycles. The first-order valence-corrected chi connectivity index (χ1v) is 13.7. The average molecular weight is 535 g/mol. The summed E-state index contributed by atoms with van der Waals surface area (Å²) in [6.45, 7) is 13.8. The summed E-state index contributed by atoms with van der Waals surface area (Å²) in [5, 5.41) is 4.41.